The Labute approximate surface area is 71.5 Å². The average molecular weight is 174 g/mol. The van der Waals surface area contributed by atoms with E-state index in [2.05, 4.69) is 0 Å². The van der Waals surface area contributed by atoms with Gasteiger partial charge in [-0.2, -0.15) is 0 Å². The van der Waals surface area contributed by atoms with Gasteiger partial charge in [0.05, 0.1) is 12.7 Å². The van der Waals surface area contributed by atoms with Crippen molar-refractivity contribution in [3.63, 3.8) is 0 Å². The molecule has 12 heavy (non-hydrogen) atoms. The Morgan fingerprint density at radius 2 is 2.33 bits per heavy atom. The third kappa shape index (κ3) is 2.19. The maximum Gasteiger partial charge on any atom is 0.304 e. The smallest absolute Gasteiger partial charge is 0.304 e. The zero-order valence-electron chi connectivity index (χ0n) is 7.32. The molecule has 0 amide bonds. The molecule has 3 atom stereocenters. The number of carbonyl (C=O) groups excluding carboxylic acids is 1. The fourth-order valence-electron chi connectivity index (χ4n) is 1.21. The monoisotopic (exact) mass is 174 g/mol. The summed E-state index contributed by atoms with van der Waals surface area (Å²) < 4.78 is 10.0. The Kier molecular flexibility index (Phi) is 3.05. The summed E-state index contributed by atoms with van der Waals surface area (Å²) in [5.74, 6) is -0.511. The number of hydrogen-bond acceptors (Lipinski definition) is 4. The zero-order valence-corrected chi connectivity index (χ0v) is 7.32. The second-order valence-corrected chi connectivity index (χ2v) is 3.06. The largest absolute Gasteiger partial charge is 0.436 e. The Morgan fingerprint density at radius 1 is 1.67 bits per heavy atom. The highest BCUT2D eigenvalue weighted by Crippen LogP contribution is 2.21. The molecule has 0 aromatic rings. The second kappa shape index (κ2) is 3.87. The molecule has 0 radical (unpaired) electrons. The van der Waals surface area contributed by atoms with E-state index in [1.807, 2.05) is 0 Å². The van der Waals surface area contributed by atoms with Gasteiger partial charge in [-0.05, 0) is 6.42 Å². The molecule has 4 heteroatoms. The van der Waals surface area contributed by atoms with E-state index in [0.717, 1.165) is 0 Å². The molecule has 1 rings (SSSR count). The minimum Gasteiger partial charge on any atom is -0.436 e. The zero-order chi connectivity index (χ0) is 9.14. The van der Waals surface area contributed by atoms with Crippen LogP contribution < -0.4 is 0 Å². The van der Waals surface area contributed by atoms with Crippen LogP contribution in [0.3, 0.4) is 0 Å². The van der Waals surface area contributed by atoms with Crippen LogP contribution in [0, 0.1) is 5.92 Å². The number of aliphatic hydroxyl groups excluding tert-OH is 1. The molecule has 4 nitrogen and oxygen atoms in total. The fraction of sp³-hybridized carbons (Fsp3) is 0.875. The molecule has 0 saturated carbocycles. The molecular formula is C8H14O4. The highest BCUT2D eigenvalue weighted by Gasteiger charge is 2.31. The van der Waals surface area contributed by atoms with Crippen LogP contribution in [-0.2, 0) is 14.3 Å². The molecule has 1 fully saturated rings. The quantitative estimate of drug-likeness (QED) is 0.580. The summed E-state index contributed by atoms with van der Waals surface area (Å²) >= 11 is 0. The minimum atomic E-state index is -0.578. The van der Waals surface area contributed by atoms with Crippen LogP contribution in [0.5, 0.6) is 0 Å². The summed E-state index contributed by atoms with van der Waals surface area (Å²) in [4.78, 5) is 10.6. The average Bonchev–Trinajstić information content (AvgIpc) is 1.98. The van der Waals surface area contributed by atoms with Crippen molar-refractivity contribution >= 4 is 5.97 Å². The van der Waals surface area contributed by atoms with Gasteiger partial charge in [0.15, 0.2) is 0 Å². The van der Waals surface area contributed by atoms with Crippen LogP contribution in [0.2, 0.25) is 0 Å². The van der Waals surface area contributed by atoms with Crippen LogP contribution in [0.25, 0.3) is 0 Å². The molecule has 70 valence electrons. The molecule has 1 saturated heterocycles. The summed E-state index contributed by atoms with van der Waals surface area (Å²) in [6, 6.07) is 0. The summed E-state index contributed by atoms with van der Waals surface area (Å²) in [7, 11) is 0. The van der Waals surface area contributed by atoms with E-state index in [1.54, 1.807) is 6.92 Å². The van der Waals surface area contributed by atoms with Crippen molar-refractivity contribution in [2.24, 2.45) is 5.92 Å². The number of ether oxygens (including phenoxy) is 2. The molecule has 1 heterocycles. The van der Waals surface area contributed by atoms with Gasteiger partial charge in [0.1, 0.15) is 0 Å². The van der Waals surface area contributed by atoms with Crippen molar-refractivity contribution in [1.82, 2.24) is 0 Å². The molecular weight excluding hydrogens is 160 g/mol. The van der Waals surface area contributed by atoms with E-state index >= 15 is 0 Å². The first-order valence-corrected chi connectivity index (χ1v) is 4.08. The van der Waals surface area contributed by atoms with E-state index in [0.29, 0.717) is 13.0 Å². The lowest BCUT2D eigenvalue weighted by Crippen LogP contribution is -2.40. The second-order valence-electron chi connectivity index (χ2n) is 3.06. The van der Waals surface area contributed by atoms with E-state index < -0.39 is 12.4 Å². The van der Waals surface area contributed by atoms with Gasteiger partial charge in [-0.25, -0.2) is 0 Å². The van der Waals surface area contributed by atoms with Gasteiger partial charge in [0, 0.05) is 12.8 Å². The first-order valence-electron chi connectivity index (χ1n) is 4.08. The maximum absolute atomic E-state index is 10.6. The lowest BCUT2D eigenvalue weighted by Gasteiger charge is -2.31. The molecule has 1 N–H and O–H groups in total. The Bertz CT molecular complexity index is 168. The molecule has 1 aliphatic rings. The standard InChI is InChI=1S/C8H14O4/c1-5-7(10)3-4-11-8(5)12-6(2)9/h5,7-8,10H,3-4H2,1-2H3. The minimum absolute atomic E-state index is 0.136. The van der Waals surface area contributed by atoms with E-state index in [4.69, 9.17) is 9.47 Å². The predicted molar refractivity (Wildman–Crippen MR) is 41.3 cm³/mol. The summed E-state index contributed by atoms with van der Waals surface area (Å²) in [5.41, 5.74) is 0. The van der Waals surface area contributed by atoms with E-state index in [9.17, 15) is 9.90 Å². The Morgan fingerprint density at radius 3 is 2.92 bits per heavy atom. The van der Waals surface area contributed by atoms with Crippen LogP contribution in [0.1, 0.15) is 20.3 Å². The van der Waals surface area contributed by atoms with Crippen LogP contribution in [0.15, 0.2) is 0 Å². The highest BCUT2D eigenvalue weighted by molar-refractivity contribution is 5.66. The molecule has 0 aliphatic carbocycles. The van der Waals surface area contributed by atoms with Crippen molar-refractivity contribution < 1.29 is 19.4 Å². The first-order chi connectivity index (χ1) is 5.61. The maximum atomic E-state index is 10.6. The number of aliphatic hydroxyl groups is 1. The molecule has 1 aliphatic heterocycles. The van der Waals surface area contributed by atoms with Crippen molar-refractivity contribution in [2.45, 2.75) is 32.7 Å². The summed E-state index contributed by atoms with van der Waals surface area (Å²) in [5, 5.41) is 9.39. The van der Waals surface area contributed by atoms with Crippen molar-refractivity contribution in [3.8, 4) is 0 Å². The SMILES string of the molecule is CC(=O)OC1OCCC(O)C1C. The lowest BCUT2D eigenvalue weighted by atomic mass is 9.99. The van der Waals surface area contributed by atoms with Gasteiger partial charge in [-0.1, -0.05) is 6.92 Å². The van der Waals surface area contributed by atoms with Crippen molar-refractivity contribution in [3.05, 3.63) is 0 Å². The summed E-state index contributed by atoms with van der Waals surface area (Å²) in [6.07, 6.45) is -0.395. The van der Waals surface area contributed by atoms with Gasteiger partial charge in [0.25, 0.3) is 0 Å². The van der Waals surface area contributed by atoms with Gasteiger partial charge in [-0.3, -0.25) is 4.79 Å². The van der Waals surface area contributed by atoms with Crippen molar-refractivity contribution in [2.75, 3.05) is 6.61 Å². The third-order valence-corrected chi connectivity index (χ3v) is 2.01. The van der Waals surface area contributed by atoms with Crippen LogP contribution >= 0.6 is 0 Å². The molecule has 3 unspecified atom stereocenters. The number of carbonyl (C=O) groups is 1. The Balaban J connectivity index is 2.46. The number of esters is 1. The van der Waals surface area contributed by atoms with Gasteiger partial charge < -0.3 is 14.6 Å². The molecule has 0 bridgehead atoms. The molecule has 0 spiro atoms. The van der Waals surface area contributed by atoms with Gasteiger partial charge in [-0.15, -0.1) is 0 Å². The van der Waals surface area contributed by atoms with E-state index in [-0.39, 0.29) is 11.9 Å². The van der Waals surface area contributed by atoms with Crippen LogP contribution in [0.4, 0.5) is 0 Å². The molecule has 0 aromatic heterocycles. The fourth-order valence-corrected chi connectivity index (χ4v) is 1.21. The predicted octanol–water partition coefficient (Wildman–Crippen LogP) is 0.293. The number of rotatable bonds is 1. The lowest BCUT2D eigenvalue weighted by molar-refractivity contribution is -0.215. The molecule has 0 aromatic carbocycles. The third-order valence-electron chi connectivity index (χ3n) is 2.01. The van der Waals surface area contributed by atoms with Crippen molar-refractivity contribution in [1.29, 1.82) is 0 Å². The Hall–Kier alpha value is -0.610. The summed E-state index contributed by atoms with van der Waals surface area (Å²) in [6.45, 7) is 3.58. The number of hydrogen-bond donors (Lipinski definition) is 1. The highest BCUT2D eigenvalue weighted by atomic mass is 16.7. The topological polar surface area (TPSA) is 55.8 Å². The van der Waals surface area contributed by atoms with Crippen LogP contribution in [-0.4, -0.2) is 30.1 Å². The first kappa shape index (κ1) is 9.48. The van der Waals surface area contributed by atoms with E-state index in [1.165, 1.54) is 6.92 Å². The van der Waals surface area contributed by atoms with Gasteiger partial charge in [0.2, 0.25) is 6.29 Å². The van der Waals surface area contributed by atoms with Gasteiger partial charge >= 0.3 is 5.97 Å². The normalized spacial score (nSPS) is 36.1.